The van der Waals surface area contributed by atoms with Crippen LogP contribution in [0, 0.1) is 5.92 Å². The molecule has 2 aromatic carbocycles. The topological polar surface area (TPSA) is 519 Å². The molecule has 4 rings (SSSR count). The molecule has 32 heteroatoms. The Balaban J connectivity index is 1.56. The third-order valence-corrected chi connectivity index (χ3v) is 16.7. The van der Waals surface area contributed by atoms with Gasteiger partial charge in [-0.1, -0.05) is 74.5 Å². The molecule has 10 atom stereocenters. The van der Waals surface area contributed by atoms with Gasteiger partial charge in [-0.2, -0.15) is 11.8 Å². The lowest BCUT2D eigenvalue weighted by molar-refractivity contribution is -0.144. The fraction of sp³-hybridized carbons (Fsp3) is 0.587. The zero-order valence-electron chi connectivity index (χ0n) is 54.5. The van der Waals surface area contributed by atoms with E-state index in [4.69, 9.17) is 40.1 Å². The van der Waals surface area contributed by atoms with Crippen molar-refractivity contribution in [3.8, 4) is 0 Å². The zero-order chi connectivity index (χ0) is 70.1. The van der Waals surface area contributed by atoms with Crippen molar-refractivity contribution < 1.29 is 62.3 Å². The molecule has 0 aromatic heterocycles. The number of likely N-dealkylation sites (tertiary alicyclic amines) is 2. The molecule has 2 fully saturated rings. The summed E-state index contributed by atoms with van der Waals surface area (Å²) in [6, 6.07) is 4.51. The van der Waals surface area contributed by atoms with Gasteiger partial charge in [-0.15, -0.1) is 0 Å². The Hall–Kier alpha value is -8.91. The van der Waals surface area contributed by atoms with Gasteiger partial charge >= 0.3 is 0 Å². The molecule has 0 aliphatic carbocycles. The molecule has 0 unspecified atom stereocenters. The Morgan fingerprint density at radius 2 is 1.01 bits per heavy atom. The summed E-state index contributed by atoms with van der Waals surface area (Å²) in [4.78, 5) is 185. The number of primary amides is 3. The summed E-state index contributed by atoms with van der Waals surface area (Å²) in [7, 11) is 0. The molecule has 0 spiro atoms. The number of unbranched alkanes of at least 4 members (excludes halogenated alkanes) is 1. The highest BCUT2D eigenvalue weighted by molar-refractivity contribution is 7.98. The largest absolute Gasteiger partial charge is 0.370 e. The first-order valence-corrected chi connectivity index (χ1v) is 33.6. The number of aliphatic imine (C=N–C) groups is 1. The third kappa shape index (κ3) is 27.5. The van der Waals surface area contributed by atoms with Gasteiger partial charge in [0.25, 0.3) is 0 Å². The van der Waals surface area contributed by atoms with Crippen LogP contribution in [-0.2, 0) is 75.2 Å². The van der Waals surface area contributed by atoms with E-state index in [9.17, 15) is 62.3 Å². The van der Waals surface area contributed by atoms with Gasteiger partial charge in [0.1, 0.15) is 54.4 Å². The van der Waals surface area contributed by atoms with Crippen LogP contribution in [0.1, 0.15) is 121 Å². The molecule has 0 radical (unpaired) electrons. The predicted molar refractivity (Wildman–Crippen MR) is 356 cm³/mol. The van der Waals surface area contributed by atoms with E-state index < -0.39 is 169 Å². The van der Waals surface area contributed by atoms with E-state index >= 15 is 0 Å². The number of rotatable bonds is 42. The molecule has 0 bridgehead atoms. The molecule has 2 saturated heterocycles. The van der Waals surface area contributed by atoms with Crippen LogP contribution in [0.2, 0.25) is 0 Å². The SMILES string of the molecule is CSCC[C@H](NC(=O)[C@@H](CC(C)C)NC(=O)CNC(=O)[C@@H](Cc1ccccc1)NC(=O)[C@@H](Cc1ccccc1)NC(=O)[C@H](CCC(N)=O)NC(=O)[C@H](CCC(N)=O)NC(=O)[C@H]1CCCN1C(=O)[C@@H](CCCCN)NC(=O)[C@@H]1CCCN1C(=O)[C@H](N)CCCN=C(N)N)C(N)=O. The number of carbonyl (C=O) groups is 13. The molecule has 0 saturated carbocycles. The van der Waals surface area contributed by atoms with Crippen LogP contribution in [0.4, 0.5) is 0 Å². The van der Waals surface area contributed by atoms with E-state index in [2.05, 4.69) is 47.5 Å². The van der Waals surface area contributed by atoms with Gasteiger partial charge in [0.2, 0.25) is 76.8 Å². The molecular weight excluding hydrogens is 1250 g/mol. The fourth-order valence-electron chi connectivity index (χ4n) is 11.0. The number of hydrogen-bond donors (Lipinski definition) is 15. The smallest absolute Gasteiger partial charge is 0.245 e. The summed E-state index contributed by atoms with van der Waals surface area (Å²) in [5.41, 5.74) is 40.6. The Morgan fingerprint density at radius 1 is 0.537 bits per heavy atom. The van der Waals surface area contributed by atoms with Crippen LogP contribution in [0.5, 0.6) is 0 Å². The molecule has 2 aliphatic heterocycles. The van der Waals surface area contributed by atoms with Gasteiger partial charge in [-0.05, 0) is 119 Å². The standard InChI is InChI=1S/C63H98N18O13S/c1-37(2)33-45(57(89)74-41(53(68)85)27-32-95-3)73-52(84)36-72-54(86)46(34-38-15-6-4-7-16-38)78-58(90)47(35-39-17-8-5-9-18-39)79-56(88)42(23-25-50(66)82)75-55(87)43(24-26-51(67)83)76-59(91)49-22-14-31-81(49)62(94)44(20-10-11-28-64)77-60(92)48-21-13-30-80(48)61(93)40(65)19-12-29-71-63(69)70/h4-9,15-18,37,40-49H,10-14,19-36,64-65H2,1-3H3,(H2,66,82)(H2,67,83)(H2,68,85)(H,72,86)(H,73,84)(H,74,89)(H,75,87)(H,76,91)(H,77,92)(H,78,90)(H,79,88)(H4,69,70,71)/t40-,41+,42+,43+,44-,45-,46-,47-,48+,49-/m1/s1. The second kappa shape index (κ2) is 41.0. The summed E-state index contributed by atoms with van der Waals surface area (Å²) >= 11 is 1.45. The first-order chi connectivity index (χ1) is 45.2. The minimum absolute atomic E-state index is 0.0736. The fourth-order valence-corrected chi connectivity index (χ4v) is 11.5. The van der Waals surface area contributed by atoms with E-state index in [0.717, 1.165) is 0 Å². The molecule has 2 heterocycles. The summed E-state index contributed by atoms with van der Waals surface area (Å²) in [6.07, 6.45) is 3.12. The molecule has 13 amide bonds. The number of carbonyl (C=O) groups excluding carboxylic acids is 13. The minimum atomic E-state index is -1.64. The van der Waals surface area contributed by atoms with Crippen molar-refractivity contribution in [2.75, 3.05) is 44.7 Å². The van der Waals surface area contributed by atoms with E-state index in [-0.39, 0.29) is 83.0 Å². The molecule has 2 aromatic rings. The molecule has 31 nitrogen and oxygen atoms in total. The van der Waals surface area contributed by atoms with Crippen LogP contribution in [0.15, 0.2) is 65.7 Å². The quantitative estimate of drug-likeness (QED) is 0.0173. The number of amides is 13. The number of nitrogens with two attached hydrogens (primary N) is 7. The van der Waals surface area contributed by atoms with Crippen molar-refractivity contribution in [1.82, 2.24) is 52.3 Å². The number of nitrogens with one attached hydrogen (secondary N) is 8. The zero-order valence-corrected chi connectivity index (χ0v) is 55.3. The summed E-state index contributed by atoms with van der Waals surface area (Å²) in [5, 5.41) is 21.1. The maximum atomic E-state index is 14.7. The van der Waals surface area contributed by atoms with Gasteiger partial charge in [0.05, 0.1) is 12.6 Å². The van der Waals surface area contributed by atoms with Crippen molar-refractivity contribution in [1.29, 1.82) is 0 Å². The van der Waals surface area contributed by atoms with Gasteiger partial charge in [-0.25, -0.2) is 0 Å². The average molecular weight is 1350 g/mol. The van der Waals surface area contributed by atoms with Crippen molar-refractivity contribution in [2.45, 2.75) is 183 Å². The number of nitrogens with zero attached hydrogens (tertiary/aromatic N) is 3. The van der Waals surface area contributed by atoms with E-state index in [1.165, 1.54) is 21.6 Å². The van der Waals surface area contributed by atoms with Crippen molar-refractivity contribution >= 4 is 94.5 Å². The van der Waals surface area contributed by atoms with Gasteiger partial charge in [-0.3, -0.25) is 67.3 Å². The second-order valence-electron chi connectivity index (χ2n) is 24.1. The molecule has 22 N–H and O–H groups in total. The highest BCUT2D eigenvalue weighted by atomic mass is 32.2. The maximum Gasteiger partial charge on any atom is 0.245 e. The first-order valence-electron chi connectivity index (χ1n) is 32.2. The lowest BCUT2D eigenvalue weighted by atomic mass is 10.0. The van der Waals surface area contributed by atoms with Crippen LogP contribution < -0.4 is 82.7 Å². The Kier molecular flexibility index (Phi) is 33.9. The number of thioether (sulfide) groups is 1. The molecule has 95 heavy (non-hydrogen) atoms. The van der Waals surface area contributed by atoms with Crippen molar-refractivity contribution in [3.63, 3.8) is 0 Å². The Labute approximate surface area is 558 Å². The normalized spacial score (nSPS) is 16.8. The molecule has 2 aliphatic rings. The third-order valence-electron chi connectivity index (χ3n) is 16.0. The van der Waals surface area contributed by atoms with E-state index in [1.54, 1.807) is 60.7 Å². The van der Waals surface area contributed by atoms with Gasteiger partial charge < -0.3 is 92.5 Å². The summed E-state index contributed by atoms with van der Waals surface area (Å²) in [6.45, 7) is 3.86. The number of guanidine groups is 1. The molecular formula is C63H98N18O13S. The van der Waals surface area contributed by atoms with Crippen molar-refractivity contribution in [3.05, 3.63) is 71.8 Å². The lowest BCUT2D eigenvalue weighted by Gasteiger charge is -2.32. The summed E-state index contributed by atoms with van der Waals surface area (Å²) < 4.78 is 0. The first kappa shape index (κ1) is 78.5. The molecule has 524 valence electrons. The van der Waals surface area contributed by atoms with Gasteiger partial charge in [0, 0.05) is 45.3 Å². The van der Waals surface area contributed by atoms with Crippen LogP contribution in [-0.4, -0.2) is 198 Å². The average Bonchev–Trinajstić information content (AvgIpc) is 1.74. The number of hydrogen-bond acceptors (Lipinski definition) is 17. The number of benzene rings is 2. The van der Waals surface area contributed by atoms with Crippen molar-refractivity contribution in [2.24, 2.45) is 51.0 Å². The minimum Gasteiger partial charge on any atom is -0.370 e. The monoisotopic (exact) mass is 1350 g/mol. The Bertz CT molecular complexity index is 2960. The van der Waals surface area contributed by atoms with E-state index in [0.29, 0.717) is 55.4 Å². The second-order valence-corrected chi connectivity index (χ2v) is 25.1. The Morgan fingerprint density at radius 3 is 1.51 bits per heavy atom. The van der Waals surface area contributed by atoms with Gasteiger partial charge in [0.15, 0.2) is 5.96 Å². The van der Waals surface area contributed by atoms with Crippen LogP contribution in [0.3, 0.4) is 0 Å². The van der Waals surface area contributed by atoms with E-state index in [1.807, 2.05) is 20.1 Å². The maximum absolute atomic E-state index is 14.7. The summed E-state index contributed by atoms with van der Waals surface area (Å²) in [5.74, 6) is -9.80. The predicted octanol–water partition coefficient (Wildman–Crippen LogP) is -3.71. The highest BCUT2D eigenvalue weighted by Gasteiger charge is 2.42. The lowest BCUT2D eigenvalue weighted by Crippen LogP contribution is -2.60. The highest BCUT2D eigenvalue weighted by Crippen LogP contribution is 2.24. The van der Waals surface area contributed by atoms with Crippen LogP contribution in [0.25, 0.3) is 0 Å². The van der Waals surface area contributed by atoms with Crippen LogP contribution >= 0.6 is 11.8 Å².